The van der Waals surface area contributed by atoms with Gasteiger partial charge in [0.1, 0.15) is 5.75 Å². The second-order valence-electron chi connectivity index (χ2n) is 3.51. The van der Waals surface area contributed by atoms with E-state index in [4.69, 9.17) is 10.8 Å². The van der Waals surface area contributed by atoms with E-state index in [-0.39, 0.29) is 11.8 Å². The average Bonchev–Trinajstić information content (AvgIpc) is 2.20. The lowest BCUT2D eigenvalue weighted by Crippen LogP contribution is -2.36. The number of aromatic hydroxyl groups is 1. The van der Waals surface area contributed by atoms with E-state index >= 15 is 0 Å². The monoisotopic (exact) mass is 195 g/mol. The van der Waals surface area contributed by atoms with Crippen molar-refractivity contribution in [2.75, 3.05) is 0 Å². The Morgan fingerprint density at radius 3 is 2.36 bits per heavy atom. The lowest BCUT2D eigenvalue weighted by molar-refractivity contribution is 0.140. The number of hydrogen-bond acceptors (Lipinski definition) is 3. The van der Waals surface area contributed by atoms with Crippen molar-refractivity contribution in [1.29, 1.82) is 0 Å². The highest BCUT2D eigenvalue weighted by Crippen LogP contribution is 2.12. The zero-order valence-electron chi connectivity index (χ0n) is 8.35. The summed E-state index contributed by atoms with van der Waals surface area (Å²) in [4.78, 5) is 0. The van der Waals surface area contributed by atoms with Crippen molar-refractivity contribution in [3.8, 4) is 5.75 Å². The summed E-state index contributed by atoms with van der Waals surface area (Å²) in [5.41, 5.74) is 6.82. The van der Waals surface area contributed by atoms with Gasteiger partial charge in [0.05, 0.1) is 6.10 Å². The maximum atomic E-state index is 9.47. The second kappa shape index (κ2) is 4.98. The average molecular weight is 195 g/mol. The number of phenolic OH excluding ortho intramolecular Hbond substituents is 1. The summed E-state index contributed by atoms with van der Waals surface area (Å²) in [7, 11) is 0. The van der Waals surface area contributed by atoms with Crippen LogP contribution in [0.3, 0.4) is 0 Å². The summed E-state index contributed by atoms with van der Waals surface area (Å²) in [5, 5.41) is 18.5. The number of nitrogens with two attached hydrogens (primary N) is 1. The fraction of sp³-hybridized carbons (Fsp3) is 0.455. The fourth-order valence-corrected chi connectivity index (χ4v) is 1.34. The van der Waals surface area contributed by atoms with Gasteiger partial charge >= 0.3 is 0 Å². The lowest BCUT2D eigenvalue weighted by atomic mass is 10.0. The molecule has 1 aromatic rings. The van der Waals surface area contributed by atoms with Gasteiger partial charge in [0, 0.05) is 6.04 Å². The molecule has 4 N–H and O–H groups in total. The zero-order chi connectivity index (χ0) is 10.6. The molecule has 0 amide bonds. The Balaban J connectivity index is 2.56. The molecule has 3 heteroatoms. The summed E-state index contributed by atoms with van der Waals surface area (Å²) < 4.78 is 0. The molecule has 3 nitrogen and oxygen atoms in total. The quantitative estimate of drug-likeness (QED) is 0.672. The number of rotatable bonds is 4. The zero-order valence-corrected chi connectivity index (χ0v) is 8.35. The maximum absolute atomic E-state index is 9.47. The van der Waals surface area contributed by atoms with Gasteiger partial charge < -0.3 is 15.9 Å². The third kappa shape index (κ3) is 3.01. The van der Waals surface area contributed by atoms with Crippen LogP contribution in [0.2, 0.25) is 0 Å². The minimum Gasteiger partial charge on any atom is -0.508 e. The van der Waals surface area contributed by atoms with Crippen LogP contribution in [-0.2, 0) is 6.42 Å². The summed E-state index contributed by atoms with van der Waals surface area (Å²) in [6, 6.07) is 6.65. The number of aliphatic hydroxyl groups excluding tert-OH is 1. The minimum atomic E-state index is -0.455. The first-order valence-corrected chi connectivity index (χ1v) is 4.85. The van der Waals surface area contributed by atoms with E-state index in [2.05, 4.69) is 0 Å². The van der Waals surface area contributed by atoms with Crippen LogP contribution in [0.5, 0.6) is 5.75 Å². The smallest absolute Gasteiger partial charge is 0.115 e. The molecule has 14 heavy (non-hydrogen) atoms. The minimum absolute atomic E-state index is 0.232. The molecule has 0 aromatic heterocycles. The van der Waals surface area contributed by atoms with Gasteiger partial charge in [-0.25, -0.2) is 0 Å². The van der Waals surface area contributed by atoms with Crippen LogP contribution in [0, 0.1) is 0 Å². The Morgan fingerprint density at radius 2 is 1.86 bits per heavy atom. The highest BCUT2D eigenvalue weighted by Gasteiger charge is 2.12. The van der Waals surface area contributed by atoms with Crippen molar-refractivity contribution in [3.63, 3.8) is 0 Å². The first-order chi connectivity index (χ1) is 6.63. The van der Waals surface area contributed by atoms with Crippen molar-refractivity contribution < 1.29 is 10.2 Å². The van der Waals surface area contributed by atoms with Crippen molar-refractivity contribution in [2.24, 2.45) is 5.73 Å². The number of hydrogen-bond donors (Lipinski definition) is 3. The van der Waals surface area contributed by atoms with Crippen LogP contribution >= 0.6 is 0 Å². The Bertz CT molecular complexity index is 271. The van der Waals surface area contributed by atoms with Gasteiger partial charge in [-0.1, -0.05) is 19.1 Å². The van der Waals surface area contributed by atoms with Crippen molar-refractivity contribution in [2.45, 2.75) is 31.9 Å². The van der Waals surface area contributed by atoms with Gasteiger partial charge in [0.25, 0.3) is 0 Å². The summed E-state index contributed by atoms with van der Waals surface area (Å²) in [6.07, 6.45) is 0.845. The molecule has 2 atom stereocenters. The molecule has 0 aliphatic carbocycles. The van der Waals surface area contributed by atoms with Crippen molar-refractivity contribution in [3.05, 3.63) is 29.8 Å². The van der Waals surface area contributed by atoms with Gasteiger partial charge in [-0.2, -0.15) is 0 Å². The second-order valence-corrected chi connectivity index (χ2v) is 3.51. The fourth-order valence-electron chi connectivity index (χ4n) is 1.34. The molecule has 0 saturated carbocycles. The third-order valence-corrected chi connectivity index (χ3v) is 2.32. The molecular formula is C11H17NO2. The van der Waals surface area contributed by atoms with Gasteiger partial charge in [-0.05, 0) is 30.5 Å². The van der Waals surface area contributed by atoms with Gasteiger partial charge in [-0.3, -0.25) is 0 Å². The van der Waals surface area contributed by atoms with Crippen molar-refractivity contribution in [1.82, 2.24) is 0 Å². The van der Waals surface area contributed by atoms with E-state index in [9.17, 15) is 5.11 Å². The van der Waals surface area contributed by atoms with E-state index in [1.54, 1.807) is 12.1 Å². The number of benzene rings is 1. The standard InChI is InChI=1S/C11H17NO2/c1-2-11(14)10(12)7-8-3-5-9(13)6-4-8/h3-6,10-11,13-14H,2,7,12H2,1H3. The number of phenols is 1. The van der Waals surface area contributed by atoms with E-state index in [0.29, 0.717) is 12.8 Å². The Kier molecular flexibility index (Phi) is 3.92. The Morgan fingerprint density at radius 1 is 1.29 bits per heavy atom. The van der Waals surface area contributed by atoms with Crippen molar-refractivity contribution >= 4 is 0 Å². The Labute approximate surface area is 84.2 Å². The molecule has 1 aromatic carbocycles. The molecule has 0 heterocycles. The van der Waals surface area contributed by atoms with E-state index in [1.165, 1.54) is 0 Å². The molecule has 0 saturated heterocycles. The molecule has 0 bridgehead atoms. The molecule has 1 rings (SSSR count). The molecule has 78 valence electrons. The first-order valence-electron chi connectivity index (χ1n) is 4.85. The van der Waals surface area contributed by atoms with Crippen LogP contribution in [0.25, 0.3) is 0 Å². The summed E-state index contributed by atoms with van der Waals surface area (Å²) in [5.74, 6) is 0.248. The topological polar surface area (TPSA) is 66.5 Å². The van der Waals surface area contributed by atoms with Crippen LogP contribution in [0.15, 0.2) is 24.3 Å². The van der Waals surface area contributed by atoms with E-state index in [1.807, 2.05) is 19.1 Å². The van der Waals surface area contributed by atoms with Gasteiger partial charge in [0.15, 0.2) is 0 Å². The molecule has 0 fully saturated rings. The number of aliphatic hydroxyl groups is 1. The highest BCUT2D eigenvalue weighted by atomic mass is 16.3. The largest absolute Gasteiger partial charge is 0.508 e. The highest BCUT2D eigenvalue weighted by molar-refractivity contribution is 5.26. The normalized spacial score (nSPS) is 15.1. The van der Waals surface area contributed by atoms with E-state index in [0.717, 1.165) is 5.56 Å². The van der Waals surface area contributed by atoms with Gasteiger partial charge in [0.2, 0.25) is 0 Å². The molecule has 0 aliphatic rings. The summed E-state index contributed by atoms with van der Waals surface area (Å²) >= 11 is 0. The van der Waals surface area contributed by atoms with E-state index < -0.39 is 6.10 Å². The molecule has 2 unspecified atom stereocenters. The molecule has 0 radical (unpaired) electrons. The predicted octanol–water partition coefficient (Wildman–Crippen LogP) is 1.03. The van der Waals surface area contributed by atoms with Crippen LogP contribution < -0.4 is 5.73 Å². The van der Waals surface area contributed by atoms with Crippen LogP contribution in [-0.4, -0.2) is 22.4 Å². The Hall–Kier alpha value is -1.06. The van der Waals surface area contributed by atoms with Gasteiger partial charge in [-0.15, -0.1) is 0 Å². The van der Waals surface area contributed by atoms with Crippen LogP contribution in [0.4, 0.5) is 0 Å². The molecule has 0 spiro atoms. The summed E-state index contributed by atoms with van der Waals surface area (Å²) in [6.45, 7) is 1.90. The lowest BCUT2D eigenvalue weighted by Gasteiger charge is -2.16. The SMILES string of the molecule is CCC(O)C(N)Cc1ccc(O)cc1. The maximum Gasteiger partial charge on any atom is 0.115 e. The molecular weight excluding hydrogens is 178 g/mol. The molecule has 0 aliphatic heterocycles. The third-order valence-electron chi connectivity index (χ3n) is 2.32. The van der Waals surface area contributed by atoms with Crippen LogP contribution in [0.1, 0.15) is 18.9 Å². The first kappa shape index (κ1) is 11.0. The predicted molar refractivity (Wildman–Crippen MR) is 56.1 cm³/mol.